The summed E-state index contributed by atoms with van der Waals surface area (Å²) in [5.41, 5.74) is -0.00116. The first-order chi connectivity index (χ1) is 9.68. The predicted molar refractivity (Wildman–Crippen MR) is 81.3 cm³/mol. The minimum Gasteiger partial charge on any atom is -0.302 e. The highest BCUT2D eigenvalue weighted by molar-refractivity contribution is 5.98. The zero-order valence-corrected chi connectivity index (χ0v) is 12.3. The first-order valence-electron chi connectivity index (χ1n) is 7.22. The monoisotopic (exact) mass is 270 g/mol. The van der Waals surface area contributed by atoms with Crippen molar-refractivity contribution in [2.45, 2.75) is 46.0 Å². The number of Topliss-reactive ketones (excluding diaryl/α,β-unsaturated/α-hetero) is 1. The van der Waals surface area contributed by atoms with Gasteiger partial charge in [0.2, 0.25) is 0 Å². The lowest BCUT2D eigenvalue weighted by atomic mass is 9.76. The molecule has 0 amide bonds. The Morgan fingerprint density at radius 2 is 1.90 bits per heavy atom. The highest BCUT2D eigenvalue weighted by Crippen LogP contribution is 2.28. The summed E-state index contributed by atoms with van der Waals surface area (Å²) in [5, 5.41) is 0. The van der Waals surface area contributed by atoms with Crippen LogP contribution < -0.4 is 0 Å². The largest absolute Gasteiger partial charge is 0.302 e. The molecule has 2 heteroatoms. The van der Waals surface area contributed by atoms with E-state index in [9.17, 15) is 9.59 Å². The van der Waals surface area contributed by atoms with Gasteiger partial charge in [-0.15, -0.1) is 0 Å². The van der Waals surface area contributed by atoms with E-state index in [1.807, 2.05) is 44.2 Å². The van der Waals surface area contributed by atoms with Gasteiger partial charge in [0, 0.05) is 18.4 Å². The van der Waals surface area contributed by atoms with Gasteiger partial charge >= 0.3 is 0 Å². The third-order valence-electron chi connectivity index (χ3n) is 3.36. The van der Waals surface area contributed by atoms with Gasteiger partial charge < -0.3 is 4.79 Å². The van der Waals surface area contributed by atoms with Crippen LogP contribution in [0.1, 0.15) is 51.5 Å². The zero-order valence-electron chi connectivity index (χ0n) is 12.3. The van der Waals surface area contributed by atoms with Crippen molar-refractivity contribution in [1.29, 1.82) is 0 Å². The van der Waals surface area contributed by atoms with Gasteiger partial charge in [0.15, 0.2) is 0 Å². The molecule has 0 aromatic heterocycles. The van der Waals surface area contributed by atoms with E-state index in [-0.39, 0.29) is 5.78 Å². The molecule has 1 rings (SSSR count). The van der Waals surface area contributed by atoms with Crippen LogP contribution in [0.4, 0.5) is 0 Å². The van der Waals surface area contributed by atoms with Gasteiger partial charge in [0.1, 0.15) is 12.1 Å². The Kier molecular flexibility index (Phi) is 6.73. The summed E-state index contributed by atoms with van der Waals surface area (Å²) in [7, 11) is 0. The molecule has 1 aromatic carbocycles. The Morgan fingerprint density at radius 3 is 2.45 bits per heavy atom. The number of hydrogen-bond donors (Lipinski definition) is 0. The standard InChI is InChI=1S/C18H22O2/c1-3-9-17(20)18(15-19,13-4-2)14-8-12-16-10-6-5-7-11-16/h5-7,10-11,15H,3-4,9,13-14H2,1-2H3. The van der Waals surface area contributed by atoms with Crippen LogP contribution in [0.5, 0.6) is 0 Å². The van der Waals surface area contributed by atoms with Crippen molar-refractivity contribution in [3.63, 3.8) is 0 Å². The predicted octanol–water partition coefficient (Wildman–Crippen LogP) is 3.78. The van der Waals surface area contributed by atoms with Crippen LogP contribution in [-0.2, 0) is 9.59 Å². The smallest absolute Gasteiger partial charge is 0.147 e. The third kappa shape index (κ3) is 4.35. The molecule has 0 spiro atoms. The lowest BCUT2D eigenvalue weighted by molar-refractivity contribution is -0.135. The Balaban J connectivity index is 2.88. The number of carbonyl (C=O) groups is 2. The summed E-state index contributed by atoms with van der Waals surface area (Å²) in [5.74, 6) is 6.07. The second kappa shape index (κ2) is 8.32. The van der Waals surface area contributed by atoms with E-state index in [4.69, 9.17) is 0 Å². The Morgan fingerprint density at radius 1 is 1.20 bits per heavy atom. The number of carbonyl (C=O) groups excluding carboxylic acids is 2. The molecule has 0 fully saturated rings. The molecule has 20 heavy (non-hydrogen) atoms. The van der Waals surface area contributed by atoms with Gasteiger partial charge in [-0.05, 0) is 25.0 Å². The van der Waals surface area contributed by atoms with Gasteiger partial charge in [0.05, 0.1) is 5.41 Å². The average Bonchev–Trinajstić information content (AvgIpc) is 2.47. The quantitative estimate of drug-likeness (QED) is 0.429. The minimum atomic E-state index is -0.910. The van der Waals surface area contributed by atoms with E-state index in [1.54, 1.807) is 0 Å². The Labute approximate surface area is 121 Å². The molecular formula is C18H22O2. The van der Waals surface area contributed by atoms with Crippen molar-refractivity contribution in [2.24, 2.45) is 5.41 Å². The van der Waals surface area contributed by atoms with Gasteiger partial charge in [0.25, 0.3) is 0 Å². The molecule has 0 saturated heterocycles. The number of benzene rings is 1. The molecular weight excluding hydrogens is 248 g/mol. The van der Waals surface area contributed by atoms with Crippen LogP contribution in [0.15, 0.2) is 30.3 Å². The maximum atomic E-state index is 12.2. The number of rotatable bonds is 7. The normalized spacial score (nSPS) is 12.9. The van der Waals surface area contributed by atoms with Crippen LogP contribution in [0.2, 0.25) is 0 Å². The maximum absolute atomic E-state index is 12.2. The molecule has 0 bridgehead atoms. The summed E-state index contributed by atoms with van der Waals surface area (Å²) < 4.78 is 0. The van der Waals surface area contributed by atoms with Crippen LogP contribution in [0.3, 0.4) is 0 Å². The molecule has 0 aliphatic rings. The molecule has 0 aliphatic carbocycles. The molecule has 0 saturated carbocycles. The fourth-order valence-electron chi connectivity index (χ4n) is 2.24. The highest BCUT2D eigenvalue weighted by atomic mass is 16.1. The SMILES string of the molecule is CCCC(=O)C(C=O)(CC#Cc1ccccc1)CCC. The van der Waals surface area contributed by atoms with Crippen LogP contribution in [-0.4, -0.2) is 12.1 Å². The molecule has 0 N–H and O–H groups in total. The topological polar surface area (TPSA) is 34.1 Å². The van der Waals surface area contributed by atoms with Crippen LogP contribution in [0.25, 0.3) is 0 Å². The highest BCUT2D eigenvalue weighted by Gasteiger charge is 2.35. The van der Waals surface area contributed by atoms with Crippen molar-refractivity contribution in [3.8, 4) is 11.8 Å². The van der Waals surface area contributed by atoms with Crippen LogP contribution >= 0.6 is 0 Å². The molecule has 106 valence electrons. The van der Waals surface area contributed by atoms with E-state index in [1.165, 1.54) is 0 Å². The van der Waals surface area contributed by atoms with E-state index in [2.05, 4.69) is 11.8 Å². The van der Waals surface area contributed by atoms with Crippen LogP contribution in [0, 0.1) is 17.3 Å². The first-order valence-corrected chi connectivity index (χ1v) is 7.22. The van der Waals surface area contributed by atoms with Crippen molar-refractivity contribution >= 4 is 12.1 Å². The van der Waals surface area contributed by atoms with Gasteiger partial charge in [-0.1, -0.05) is 50.3 Å². The molecule has 0 radical (unpaired) electrons. The van der Waals surface area contributed by atoms with E-state index in [0.29, 0.717) is 19.3 Å². The summed E-state index contributed by atoms with van der Waals surface area (Å²) in [6.45, 7) is 3.94. The number of hydrogen-bond acceptors (Lipinski definition) is 2. The summed E-state index contributed by atoms with van der Waals surface area (Å²) in [6.07, 6.45) is 3.74. The lowest BCUT2D eigenvalue weighted by Gasteiger charge is -2.23. The maximum Gasteiger partial charge on any atom is 0.147 e. The Bertz CT molecular complexity index is 493. The fourth-order valence-corrected chi connectivity index (χ4v) is 2.24. The van der Waals surface area contributed by atoms with Gasteiger partial charge in [-0.25, -0.2) is 0 Å². The molecule has 1 aromatic rings. The van der Waals surface area contributed by atoms with E-state index >= 15 is 0 Å². The number of aldehydes is 1. The second-order valence-corrected chi connectivity index (χ2v) is 5.04. The zero-order chi connectivity index (χ0) is 14.8. The average molecular weight is 270 g/mol. The van der Waals surface area contributed by atoms with Crippen molar-refractivity contribution < 1.29 is 9.59 Å². The van der Waals surface area contributed by atoms with Crippen molar-refractivity contribution in [1.82, 2.24) is 0 Å². The summed E-state index contributed by atoms with van der Waals surface area (Å²) in [4.78, 5) is 23.7. The first kappa shape index (κ1) is 16.2. The summed E-state index contributed by atoms with van der Waals surface area (Å²) in [6, 6.07) is 9.62. The molecule has 1 atom stereocenters. The van der Waals surface area contributed by atoms with Crippen molar-refractivity contribution in [3.05, 3.63) is 35.9 Å². The van der Waals surface area contributed by atoms with E-state index < -0.39 is 5.41 Å². The Hall–Kier alpha value is -1.88. The second-order valence-electron chi connectivity index (χ2n) is 5.04. The third-order valence-corrected chi connectivity index (χ3v) is 3.36. The van der Waals surface area contributed by atoms with Gasteiger partial charge in [-0.2, -0.15) is 0 Å². The molecule has 1 unspecified atom stereocenters. The summed E-state index contributed by atoms with van der Waals surface area (Å²) >= 11 is 0. The van der Waals surface area contributed by atoms with E-state index in [0.717, 1.165) is 24.7 Å². The lowest BCUT2D eigenvalue weighted by Crippen LogP contribution is -2.32. The minimum absolute atomic E-state index is 0.0270. The molecule has 0 aliphatic heterocycles. The molecule has 2 nitrogen and oxygen atoms in total. The number of ketones is 1. The van der Waals surface area contributed by atoms with Gasteiger partial charge in [-0.3, -0.25) is 4.79 Å². The van der Waals surface area contributed by atoms with Crippen molar-refractivity contribution in [2.75, 3.05) is 0 Å². The molecule has 0 heterocycles. The fraction of sp³-hybridized carbons (Fsp3) is 0.444.